The smallest absolute Gasteiger partial charge is 0.324 e. The molecule has 136 valence electrons. The molecule has 6 nitrogen and oxygen atoms in total. The second-order valence-electron chi connectivity index (χ2n) is 6.71. The third kappa shape index (κ3) is 2.96. The van der Waals surface area contributed by atoms with Gasteiger partial charge in [0.05, 0.1) is 5.56 Å². The molecule has 8 heteroatoms. The Morgan fingerprint density at radius 3 is 2.65 bits per heavy atom. The van der Waals surface area contributed by atoms with Crippen LogP contribution in [0.15, 0.2) is 24.3 Å². The van der Waals surface area contributed by atoms with Crippen molar-refractivity contribution in [3.8, 4) is 0 Å². The lowest BCUT2D eigenvalue weighted by Crippen LogP contribution is -2.34. The van der Waals surface area contributed by atoms with Crippen molar-refractivity contribution in [3.63, 3.8) is 0 Å². The molecule has 1 aromatic carbocycles. The highest BCUT2D eigenvalue weighted by Crippen LogP contribution is 2.49. The molecule has 0 radical (unpaired) electrons. The van der Waals surface area contributed by atoms with Gasteiger partial charge in [0.15, 0.2) is 0 Å². The van der Waals surface area contributed by atoms with E-state index in [1.807, 2.05) is 0 Å². The topological polar surface area (TPSA) is 87.5 Å². The fourth-order valence-corrected chi connectivity index (χ4v) is 5.40. The molecule has 0 saturated carbocycles. The summed E-state index contributed by atoms with van der Waals surface area (Å²) in [5, 5.41) is 6.66. The van der Waals surface area contributed by atoms with Crippen molar-refractivity contribution in [2.24, 2.45) is 5.73 Å². The zero-order valence-corrected chi connectivity index (χ0v) is 15.8. The van der Waals surface area contributed by atoms with Crippen LogP contribution in [0.5, 0.6) is 0 Å². The summed E-state index contributed by atoms with van der Waals surface area (Å²) in [5.74, 6) is -0.497. The number of fused-ring (bicyclic) bond motifs is 4. The van der Waals surface area contributed by atoms with E-state index in [4.69, 9.17) is 17.3 Å². The van der Waals surface area contributed by atoms with Gasteiger partial charge in [-0.1, -0.05) is 11.6 Å². The largest absolute Gasteiger partial charge is 0.365 e. The number of likely N-dealkylation sites (N-methyl/N-ethyl adjacent to an activating group) is 1. The Kier molecular flexibility index (Phi) is 4.38. The number of carbonyl (C=O) groups is 2. The standard InChI is InChI=1S/C18H19ClN4O2S/c1-23-11-6-7-12(23)14-13(8-11)26-17(15(14)16(20)24)22-18(25)21-10-4-2-9(19)3-5-10/h2-5,11-12H,6-8H2,1H3,(H2,20,24)(H2,21,22,25)/t11?,12-/m0/s1. The molecule has 3 heterocycles. The number of rotatable bonds is 3. The number of hydrogen-bond donors (Lipinski definition) is 3. The maximum atomic E-state index is 12.4. The van der Waals surface area contributed by atoms with Crippen LogP contribution in [0.1, 0.15) is 39.7 Å². The highest BCUT2D eigenvalue weighted by atomic mass is 35.5. The van der Waals surface area contributed by atoms with Gasteiger partial charge in [0.1, 0.15) is 5.00 Å². The zero-order valence-electron chi connectivity index (χ0n) is 14.2. The van der Waals surface area contributed by atoms with Crippen LogP contribution in [0, 0.1) is 0 Å². The fourth-order valence-electron chi connectivity index (χ4n) is 3.95. The molecule has 1 unspecified atom stereocenters. The molecule has 4 N–H and O–H groups in total. The number of thiophene rings is 1. The second-order valence-corrected chi connectivity index (χ2v) is 8.25. The zero-order chi connectivity index (χ0) is 18.4. The van der Waals surface area contributed by atoms with Gasteiger partial charge in [-0.15, -0.1) is 11.3 Å². The average molecular weight is 391 g/mol. The molecule has 2 aromatic rings. The first-order chi connectivity index (χ1) is 12.4. The van der Waals surface area contributed by atoms with E-state index in [1.165, 1.54) is 11.3 Å². The Balaban J connectivity index is 1.60. The van der Waals surface area contributed by atoms with Crippen LogP contribution in [0.3, 0.4) is 0 Å². The number of halogens is 1. The van der Waals surface area contributed by atoms with Crippen molar-refractivity contribution in [2.45, 2.75) is 31.3 Å². The van der Waals surface area contributed by atoms with Crippen LogP contribution in [-0.2, 0) is 6.42 Å². The van der Waals surface area contributed by atoms with Crippen molar-refractivity contribution in [1.29, 1.82) is 0 Å². The average Bonchev–Trinajstić information content (AvgIpc) is 3.05. The first kappa shape index (κ1) is 17.3. The molecule has 0 aliphatic carbocycles. The van der Waals surface area contributed by atoms with Crippen LogP contribution in [0.25, 0.3) is 0 Å². The lowest BCUT2D eigenvalue weighted by Gasteiger charge is -2.31. The monoisotopic (exact) mass is 390 g/mol. The normalized spacial score (nSPS) is 21.3. The van der Waals surface area contributed by atoms with Crippen LogP contribution < -0.4 is 16.4 Å². The van der Waals surface area contributed by atoms with Gasteiger partial charge in [-0.05, 0) is 56.1 Å². The molecule has 2 bridgehead atoms. The second kappa shape index (κ2) is 6.57. The maximum Gasteiger partial charge on any atom is 0.324 e. The maximum absolute atomic E-state index is 12.4. The first-order valence-corrected chi connectivity index (χ1v) is 9.64. The molecular weight excluding hydrogens is 372 g/mol. The van der Waals surface area contributed by atoms with E-state index in [0.29, 0.717) is 27.3 Å². The molecule has 2 atom stereocenters. The number of nitrogens with two attached hydrogens (primary N) is 1. The third-order valence-corrected chi connectivity index (χ3v) is 6.59. The first-order valence-electron chi connectivity index (χ1n) is 8.45. The number of benzene rings is 1. The van der Waals surface area contributed by atoms with Gasteiger partial charge in [0.25, 0.3) is 5.91 Å². The summed E-state index contributed by atoms with van der Waals surface area (Å²) in [7, 11) is 2.09. The van der Waals surface area contributed by atoms with Gasteiger partial charge in [-0.25, -0.2) is 4.79 Å². The minimum Gasteiger partial charge on any atom is -0.365 e. The van der Waals surface area contributed by atoms with Crippen LogP contribution >= 0.6 is 22.9 Å². The summed E-state index contributed by atoms with van der Waals surface area (Å²) in [6.45, 7) is 0. The number of anilines is 2. The number of urea groups is 1. The van der Waals surface area contributed by atoms with Gasteiger partial charge < -0.3 is 11.1 Å². The van der Waals surface area contributed by atoms with Crippen LogP contribution in [-0.4, -0.2) is 29.9 Å². The fraction of sp³-hybridized carbons (Fsp3) is 0.333. The number of carbonyl (C=O) groups excluding carboxylic acids is 2. The molecule has 1 aromatic heterocycles. The lowest BCUT2D eigenvalue weighted by atomic mass is 9.97. The Morgan fingerprint density at radius 2 is 1.96 bits per heavy atom. The van der Waals surface area contributed by atoms with E-state index in [2.05, 4.69) is 22.6 Å². The van der Waals surface area contributed by atoms with Crippen molar-refractivity contribution >= 4 is 45.6 Å². The van der Waals surface area contributed by atoms with E-state index < -0.39 is 11.9 Å². The van der Waals surface area contributed by atoms with Gasteiger partial charge >= 0.3 is 6.03 Å². The minimum absolute atomic E-state index is 0.206. The van der Waals surface area contributed by atoms with Gasteiger partial charge in [-0.3, -0.25) is 15.0 Å². The number of primary amides is 1. The molecule has 2 aliphatic rings. The number of amides is 3. The summed E-state index contributed by atoms with van der Waals surface area (Å²) < 4.78 is 0. The van der Waals surface area contributed by atoms with E-state index >= 15 is 0 Å². The van der Waals surface area contributed by atoms with Crippen LogP contribution in [0.2, 0.25) is 5.02 Å². The SMILES string of the molecule is CN1C2CC[C@H]1c1c(sc(NC(=O)Nc3ccc(Cl)cc3)c1C(N)=O)C2. The lowest BCUT2D eigenvalue weighted by molar-refractivity contribution is 0.0997. The van der Waals surface area contributed by atoms with E-state index in [-0.39, 0.29) is 6.04 Å². The predicted octanol–water partition coefficient (Wildman–Crippen LogP) is 3.84. The van der Waals surface area contributed by atoms with Crippen LogP contribution in [0.4, 0.5) is 15.5 Å². The van der Waals surface area contributed by atoms with Gasteiger partial charge in [0.2, 0.25) is 0 Å². The summed E-state index contributed by atoms with van der Waals surface area (Å²) in [4.78, 5) is 28.0. The molecule has 2 aliphatic heterocycles. The highest BCUT2D eigenvalue weighted by Gasteiger charge is 2.42. The molecule has 4 rings (SSSR count). The van der Waals surface area contributed by atoms with E-state index in [0.717, 1.165) is 29.7 Å². The van der Waals surface area contributed by atoms with Gasteiger partial charge in [0, 0.05) is 27.7 Å². The summed E-state index contributed by atoms with van der Waals surface area (Å²) in [6.07, 6.45) is 3.04. The van der Waals surface area contributed by atoms with E-state index in [9.17, 15) is 9.59 Å². The van der Waals surface area contributed by atoms with Crippen molar-refractivity contribution in [2.75, 3.05) is 17.7 Å². The Bertz CT molecular complexity index is 880. The summed E-state index contributed by atoms with van der Waals surface area (Å²) in [5.41, 5.74) is 7.74. The Morgan fingerprint density at radius 1 is 1.23 bits per heavy atom. The number of nitrogens with zero attached hydrogens (tertiary/aromatic N) is 1. The summed E-state index contributed by atoms with van der Waals surface area (Å²) in [6, 6.07) is 7.12. The molecule has 1 fully saturated rings. The van der Waals surface area contributed by atoms with Gasteiger partial charge in [-0.2, -0.15) is 0 Å². The number of hydrogen-bond acceptors (Lipinski definition) is 4. The third-order valence-electron chi connectivity index (χ3n) is 5.19. The highest BCUT2D eigenvalue weighted by molar-refractivity contribution is 7.17. The van der Waals surface area contributed by atoms with Crippen molar-refractivity contribution in [3.05, 3.63) is 45.3 Å². The molecule has 26 heavy (non-hydrogen) atoms. The Labute approximate surface area is 160 Å². The molecule has 3 amide bonds. The quantitative estimate of drug-likeness (QED) is 0.744. The minimum atomic E-state index is -0.497. The van der Waals surface area contributed by atoms with E-state index in [1.54, 1.807) is 24.3 Å². The van der Waals surface area contributed by atoms with Crippen molar-refractivity contribution < 1.29 is 9.59 Å². The van der Waals surface area contributed by atoms with Crippen molar-refractivity contribution in [1.82, 2.24) is 4.90 Å². The Hall–Kier alpha value is -2.09. The molecule has 0 spiro atoms. The number of nitrogens with one attached hydrogen (secondary N) is 2. The molecule has 1 saturated heterocycles. The molecular formula is C18H19ClN4O2S. The predicted molar refractivity (Wildman–Crippen MR) is 104 cm³/mol. The summed E-state index contributed by atoms with van der Waals surface area (Å²) >= 11 is 7.31.